The first kappa shape index (κ1) is 18.8. The molecule has 3 heterocycles. The van der Waals surface area contributed by atoms with Crippen LogP contribution in [-0.2, 0) is 11.3 Å². The van der Waals surface area contributed by atoms with E-state index in [2.05, 4.69) is 15.3 Å². The van der Waals surface area contributed by atoms with E-state index in [4.69, 9.17) is 0 Å². The fraction of sp³-hybridized carbons (Fsp3) is 0.429. The summed E-state index contributed by atoms with van der Waals surface area (Å²) in [5, 5.41) is 3.65. The van der Waals surface area contributed by atoms with Crippen LogP contribution in [0.4, 0.5) is 0 Å². The average Bonchev–Trinajstić information content (AvgIpc) is 3.44. The van der Waals surface area contributed by atoms with E-state index in [1.807, 2.05) is 30.0 Å². The quantitative estimate of drug-likeness (QED) is 0.761. The van der Waals surface area contributed by atoms with E-state index in [1.54, 1.807) is 12.4 Å². The Morgan fingerprint density at radius 3 is 2.89 bits per heavy atom. The molecule has 0 atom stereocenters. The van der Waals surface area contributed by atoms with Gasteiger partial charge in [0.25, 0.3) is 5.91 Å². The Kier molecular flexibility index (Phi) is 5.52. The van der Waals surface area contributed by atoms with Gasteiger partial charge in [-0.1, -0.05) is 0 Å². The summed E-state index contributed by atoms with van der Waals surface area (Å²) in [6, 6.07) is 3.75. The number of amides is 2. The molecule has 28 heavy (non-hydrogen) atoms. The van der Waals surface area contributed by atoms with Crippen LogP contribution in [-0.4, -0.2) is 39.8 Å². The summed E-state index contributed by atoms with van der Waals surface area (Å²) < 4.78 is 0. The number of nitrogens with zero attached hydrogens (tertiary/aromatic N) is 3. The Labute approximate surface area is 168 Å². The van der Waals surface area contributed by atoms with Crippen LogP contribution in [0.15, 0.2) is 30.1 Å². The largest absolute Gasteiger partial charge is 0.347 e. The first-order valence-electron chi connectivity index (χ1n) is 9.74. The average molecular weight is 397 g/mol. The van der Waals surface area contributed by atoms with E-state index in [9.17, 15) is 9.59 Å². The number of piperidine rings is 1. The molecule has 6 nitrogen and oxygen atoms in total. The van der Waals surface area contributed by atoms with Crippen molar-refractivity contribution in [3.8, 4) is 0 Å². The molecule has 0 bridgehead atoms. The highest BCUT2D eigenvalue weighted by Gasteiger charge is 2.30. The first-order chi connectivity index (χ1) is 13.6. The third-order valence-corrected chi connectivity index (χ3v) is 6.23. The minimum atomic E-state index is -0.137. The van der Waals surface area contributed by atoms with Gasteiger partial charge in [-0.3, -0.25) is 14.6 Å². The number of hydrogen-bond donors (Lipinski definition) is 1. The van der Waals surface area contributed by atoms with Crippen molar-refractivity contribution in [2.45, 2.75) is 39.2 Å². The van der Waals surface area contributed by atoms with Crippen molar-refractivity contribution < 1.29 is 9.59 Å². The molecule has 146 valence electrons. The summed E-state index contributed by atoms with van der Waals surface area (Å²) in [5.41, 5.74) is 2.50. The van der Waals surface area contributed by atoms with Gasteiger partial charge in [0.15, 0.2) is 0 Å². The second-order valence-corrected chi connectivity index (χ2v) is 8.50. The molecule has 1 saturated heterocycles. The molecule has 1 aliphatic heterocycles. The molecule has 1 N–H and O–H groups in total. The Morgan fingerprint density at radius 2 is 2.14 bits per heavy atom. The molecule has 4 rings (SSSR count). The van der Waals surface area contributed by atoms with Crippen LogP contribution in [0.25, 0.3) is 6.08 Å². The van der Waals surface area contributed by atoms with Gasteiger partial charge in [-0.15, -0.1) is 11.3 Å². The minimum Gasteiger partial charge on any atom is -0.347 e. The summed E-state index contributed by atoms with van der Waals surface area (Å²) in [5.74, 6) is 0.692. The SMILES string of the molecule is Cc1nc(/C=C2/CCCN(CC3CC3)C2=O)sc1C(=O)NCc1ccncc1. The maximum absolute atomic E-state index is 12.7. The lowest BCUT2D eigenvalue weighted by Crippen LogP contribution is -2.38. The third kappa shape index (κ3) is 4.47. The lowest BCUT2D eigenvalue weighted by molar-refractivity contribution is -0.128. The van der Waals surface area contributed by atoms with Crippen LogP contribution in [0.5, 0.6) is 0 Å². The minimum absolute atomic E-state index is 0.134. The molecule has 1 aliphatic carbocycles. The van der Waals surface area contributed by atoms with E-state index >= 15 is 0 Å². The Hall–Kier alpha value is -2.54. The topological polar surface area (TPSA) is 75.2 Å². The second kappa shape index (κ2) is 8.22. The highest BCUT2D eigenvalue weighted by molar-refractivity contribution is 7.14. The van der Waals surface area contributed by atoms with Crippen molar-refractivity contribution in [3.05, 3.63) is 51.2 Å². The zero-order valence-electron chi connectivity index (χ0n) is 16.0. The zero-order chi connectivity index (χ0) is 19.5. The van der Waals surface area contributed by atoms with Crippen LogP contribution in [0, 0.1) is 12.8 Å². The monoisotopic (exact) mass is 396 g/mol. The smallest absolute Gasteiger partial charge is 0.263 e. The Balaban J connectivity index is 1.43. The van der Waals surface area contributed by atoms with Crippen LogP contribution in [0.3, 0.4) is 0 Å². The molecule has 2 aliphatic rings. The molecule has 0 unspecified atom stereocenters. The van der Waals surface area contributed by atoms with Gasteiger partial charge < -0.3 is 10.2 Å². The molecule has 7 heteroatoms. The zero-order valence-corrected chi connectivity index (χ0v) is 16.8. The van der Waals surface area contributed by atoms with Crippen molar-refractivity contribution in [2.24, 2.45) is 5.92 Å². The maximum Gasteiger partial charge on any atom is 0.263 e. The molecule has 2 amide bonds. The third-order valence-electron chi connectivity index (χ3n) is 5.13. The molecule has 2 aromatic heterocycles. The van der Waals surface area contributed by atoms with Gasteiger partial charge in [0.2, 0.25) is 5.91 Å². The van der Waals surface area contributed by atoms with Gasteiger partial charge in [-0.25, -0.2) is 4.98 Å². The first-order valence-corrected chi connectivity index (χ1v) is 10.6. The van der Waals surface area contributed by atoms with Crippen molar-refractivity contribution >= 4 is 29.2 Å². The molecule has 2 fully saturated rings. The fourth-order valence-corrected chi connectivity index (χ4v) is 4.35. The fourth-order valence-electron chi connectivity index (χ4n) is 3.39. The molecule has 2 aromatic rings. The molecule has 1 saturated carbocycles. The second-order valence-electron chi connectivity index (χ2n) is 7.47. The number of thiazole rings is 1. The molecule has 0 spiro atoms. The number of pyridine rings is 1. The number of aromatic nitrogens is 2. The highest BCUT2D eigenvalue weighted by Crippen LogP contribution is 2.32. The molecular weight excluding hydrogens is 372 g/mol. The van der Waals surface area contributed by atoms with Crippen molar-refractivity contribution in [3.63, 3.8) is 0 Å². The Morgan fingerprint density at radius 1 is 1.36 bits per heavy atom. The summed E-state index contributed by atoms with van der Waals surface area (Å²) >= 11 is 1.34. The summed E-state index contributed by atoms with van der Waals surface area (Å²) in [4.78, 5) is 36.3. The normalized spacial score (nSPS) is 18.5. The van der Waals surface area contributed by atoms with Crippen LogP contribution in [0.2, 0.25) is 0 Å². The van der Waals surface area contributed by atoms with Crippen molar-refractivity contribution in [1.82, 2.24) is 20.2 Å². The van der Waals surface area contributed by atoms with Crippen LogP contribution < -0.4 is 5.32 Å². The van der Waals surface area contributed by atoms with Gasteiger partial charge in [-0.2, -0.15) is 0 Å². The lowest BCUT2D eigenvalue weighted by atomic mass is 10.0. The van der Waals surface area contributed by atoms with E-state index < -0.39 is 0 Å². The Bertz CT molecular complexity index is 902. The summed E-state index contributed by atoms with van der Waals surface area (Å²) in [6.07, 6.45) is 9.54. The number of carbonyl (C=O) groups excluding carboxylic acids is 2. The van der Waals surface area contributed by atoms with E-state index in [-0.39, 0.29) is 11.8 Å². The van der Waals surface area contributed by atoms with E-state index in [0.29, 0.717) is 23.0 Å². The number of carbonyl (C=O) groups is 2. The number of hydrogen-bond acceptors (Lipinski definition) is 5. The number of aryl methyl sites for hydroxylation is 1. The molecule has 0 radical (unpaired) electrons. The van der Waals surface area contributed by atoms with Crippen molar-refractivity contribution in [2.75, 3.05) is 13.1 Å². The van der Waals surface area contributed by atoms with Gasteiger partial charge in [0.1, 0.15) is 9.88 Å². The van der Waals surface area contributed by atoms with Gasteiger partial charge in [-0.05, 0) is 62.3 Å². The number of nitrogens with one attached hydrogen (secondary N) is 1. The molecular formula is C21H24N4O2S. The number of rotatable bonds is 6. The predicted molar refractivity (Wildman–Crippen MR) is 109 cm³/mol. The lowest BCUT2D eigenvalue weighted by Gasteiger charge is -2.28. The summed E-state index contributed by atoms with van der Waals surface area (Å²) in [6.45, 7) is 4.02. The van der Waals surface area contributed by atoms with Crippen LogP contribution >= 0.6 is 11.3 Å². The number of likely N-dealkylation sites (tertiary alicyclic amines) is 1. The molecule has 0 aromatic carbocycles. The van der Waals surface area contributed by atoms with Gasteiger partial charge in [0, 0.05) is 37.6 Å². The summed E-state index contributed by atoms with van der Waals surface area (Å²) in [7, 11) is 0. The van der Waals surface area contributed by atoms with Crippen molar-refractivity contribution in [1.29, 1.82) is 0 Å². The highest BCUT2D eigenvalue weighted by atomic mass is 32.1. The predicted octanol–water partition coefficient (Wildman–Crippen LogP) is 3.19. The standard InChI is InChI=1S/C21H24N4O2S/c1-14-19(20(26)23-12-15-6-8-22-9-7-15)28-18(24-14)11-17-3-2-10-25(21(17)27)13-16-4-5-16/h6-9,11,16H,2-5,10,12-13H2,1H3,(H,23,26)/b17-11-. The van der Waals surface area contributed by atoms with Crippen LogP contribution in [0.1, 0.15) is 51.6 Å². The van der Waals surface area contributed by atoms with E-state index in [1.165, 1.54) is 24.2 Å². The van der Waals surface area contributed by atoms with E-state index in [0.717, 1.165) is 42.1 Å². The maximum atomic E-state index is 12.7. The van der Waals surface area contributed by atoms with Gasteiger partial charge in [0.05, 0.1) is 5.69 Å². The van der Waals surface area contributed by atoms with Gasteiger partial charge >= 0.3 is 0 Å².